The maximum absolute atomic E-state index is 13.3. The Morgan fingerprint density at radius 3 is 2.75 bits per heavy atom. The molecule has 0 atom stereocenters. The van der Waals surface area contributed by atoms with Crippen LogP contribution in [0.15, 0.2) is 18.2 Å². The summed E-state index contributed by atoms with van der Waals surface area (Å²) in [6.45, 7) is 3.17. The summed E-state index contributed by atoms with van der Waals surface area (Å²) in [5, 5.41) is 9.01. The third-order valence-corrected chi connectivity index (χ3v) is 2.04. The first-order valence-electron chi connectivity index (χ1n) is 5.38. The van der Waals surface area contributed by atoms with Crippen LogP contribution in [0.5, 0.6) is 5.75 Å². The number of para-hydroxylation sites is 1. The SMILES string of the molecule is CCCOCCOc1c(F)cccc1CO. The van der Waals surface area contributed by atoms with Crippen molar-refractivity contribution in [3.05, 3.63) is 29.6 Å². The fraction of sp³-hybridized carbons (Fsp3) is 0.500. The maximum Gasteiger partial charge on any atom is 0.165 e. The smallest absolute Gasteiger partial charge is 0.165 e. The van der Waals surface area contributed by atoms with E-state index in [1.807, 2.05) is 6.92 Å². The molecule has 0 aliphatic heterocycles. The molecule has 0 saturated carbocycles. The van der Waals surface area contributed by atoms with E-state index in [-0.39, 0.29) is 19.0 Å². The topological polar surface area (TPSA) is 38.7 Å². The number of halogens is 1. The van der Waals surface area contributed by atoms with Gasteiger partial charge in [-0.2, -0.15) is 0 Å². The van der Waals surface area contributed by atoms with Gasteiger partial charge < -0.3 is 14.6 Å². The van der Waals surface area contributed by atoms with E-state index < -0.39 is 5.82 Å². The average molecular weight is 228 g/mol. The molecule has 4 heteroatoms. The Bertz CT molecular complexity index is 315. The Kier molecular flexibility index (Phi) is 5.82. The van der Waals surface area contributed by atoms with Gasteiger partial charge in [-0.3, -0.25) is 0 Å². The maximum atomic E-state index is 13.3. The predicted molar refractivity (Wildman–Crippen MR) is 58.9 cm³/mol. The van der Waals surface area contributed by atoms with E-state index in [0.29, 0.717) is 18.8 Å². The second-order valence-electron chi connectivity index (χ2n) is 3.35. The number of rotatable bonds is 7. The van der Waals surface area contributed by atoms with Crippen LogP contribution in [-0.4, -0.2) is 24.9 Å². The number of hydrogen-bond donors (Lipinski definition) is 1. The molecule has 3 nitrogen and oxygen atoms in total. The zero-order valence-corrected chi connectivity index (χ0v) is 9.41. The van der Waals surface area contributed by atoms with E-state index in [0.717, 1.165) is 6.42 Å². The van der Waals surface area contributed by atoms with Gasteiger partial charge in [0.15, 0.2) is 11.6 Å². The molecular formula is C12H17FO3. The molecule has 0 heterocycles. The molecule has 1 aromatic carbocycles. The lowest BCUT2D eigenvalue weighted by Crippen LogP contribution is -2.09. The number of ether oxygens (including phenoxy) is 2. The summed E-state index contributed by atoms with van der Waals surface area (Å²) >= 11 is 0. The molecule has 1 rings (SSSR count). The zero-order valence-electron chi connectivity index (χ0n) is 9.41. The Morgan fingerprint density at radius 2 is 2.06 bits per heavy atom. The van der Waals surface area contributed by atoms with Crippen molar-refractivity contribution in [2.24, 2.45) is 0 Å². The van der Waals surface area contributed by atoms with Crippen molar-refractivity contribution in [3.8, 4) is 5.75 Å². The lowest BCUT2D eigenvalue weighted by molar-refractivity contribution is 0.0981. The summed E-state index contributed by atoms with van der Waals surface area (Å²) < 4.78 is 23.8. The highest BCUT2D eigenvalue weighted by Crippen LogP contribution is 2.22. The van der Waals surface area contributed by atoms with E-state index >= 15 is 0 Å². The molecule has 90 valence electrons. The quantitative estimate of drug-likeness (QED) is 0.726. The molecule has 0 aliphatic carbocycles. The van der Waals surface area contributed by atoms with E-state index in [1.54, 1.807) is 12.1 Å². The van der Waals surface area contributed by atoms with Crippen LogP contribution in [-0.2, 0) is 11.3 Å². The third-order valence-electron chi connectivity index (χ3n) is 2.04. The molecule has 0 bridgehead atoms. The predicted octanol–water partition coefficient (Wildman–Crippen LogP) is 2.12. The highest BCUT2D eigenvalue weighted by atomic mass is 19.1. The van der Waals surface area contributed by atoms with E-state index in [1.165, 1.54) is 6.07 Å². The van der Waals surface area contributed by atoms with Crippen LogP contribution < -0.4 is 4.74 Å². The summed E-state index contributed by atoms with van der Waals surface area (Å²) in [5.41, 5.74) is 0.454. The number of benzene rings is 1. The fourth-order valence-corrected chi connectivity index (χ4v) is 1.29. The standard InChI is InChI=1S/C12H17FO3/c1-2-6-15-7-8-16-12-10(9-14)4-3-5-11(12)13/h3-5,14H,2,6-9H2,1H3. The summed E-state index contributed by atoms with van der Waals surface area (Å²) in [6, 6.07) is 4.48. The number of hydrogen-bond acceptors (Lipinski definition) is 3. The molecule has 0 aliphatic rings. The minimum atomic E-state index is -0.456. The van der Waals surface area contributed by atoms with Crippen molar-refractivity contribution in [1.82, 2.24) is 0 Å². The molecule has 0 spiro atoms. The average Bonchev–Trinajstić information content (AvgIpc) is 2.30. The van der Waals surface area contributed by atoms with Crippen LogP contribution in [0.2, 0.25) is 0 Å². The van der Waals surface area contributed by atoms with Crippen molar-refractivity contribution in [3.63, 3.8) is 0 Å². The second-order valence-corrected chi connectivity index (χ2v) is 3.35. The monoisotopic (exact) mass is 228 g/mol. The van der Waals surface area contributed by atoms with Crippen LogP contribution in [0.1, 0.15) is 18.9 Å². The molecule has 0 radical (unpaired) electrons. The Hall–Kier alpha value is -1.13. The number of aliphatic hydroxyl groups is 1. The van der Waals surface area contributed by atoms with Crippen molar-refractivity contribution in [1.29, 1.82) is 0 Å². The normalized spacial score (nSPS) is 10.4. The van der Waals surface area contributed by atoms with Crippen LogP contribution in [0.25, 0.3) is 0 Å². The molecular weight excluding hydrogens is 211 g/mol. The molecule has 0 unspecified atom stereocenters. The highest BCUT2D eigenvalue weighted by molar-refractivity contribution is 5.34. The van der Waals surface area contributed by atoms with Crippen molar-refractivity contribution in [2.75, 3.05) is 19.8 Å². The summed E-state index contributed by atoms with van der Waals surface area (Å²) in [6.07, 6.45) is 0.946. The second kappa shape index (κ2) is 7.19. The largest absolute Gasteiger partial charge is 0.488 e. The highest BCUT2D eigenvalue weighted by Gasteiger charge is 2.08. The lowest BCUT2D eigenvalue weighted by atomic mass is 10.2. The first-order chi connectivity index (χ1) is 7.79. The fourth-order valence-electron chi connectivity index (χ4n) is 1.29. The molecule has 16 heavy (non-hydrogen) atoms. The van der Waals surface area contributed by atoms with Gasteiger partial charge in [-0.05, 0) is 12.5 Å². The minimum absolute atomic E-state index is 0.116. The van der Waals surface area contributed by atoms with Crippen molar-refractivity contribution < 1.29 is 19.0 Å². The van der Waals surface area contributed by atoms with Gasteiger partial charge in [0.1, 0.15) is 6.61 Å². The van der Waals surface area contributed by atoms with Gasteiger partial charge in [0.25, 0.3) is 0 Å². The van der Waals surface area contributed by atoms with Gasteiger partial charge in [0.05, 0.1) is 13.2 Å². The lowest BCUT2D eigenvalue weighted by Gasteiger charge is -2.10. The molecule has 1 aromatic rings. The first kappa shape index (κ1) is 12.9. The van der Waals surface area contributed by atoms with E-state index in [9.17, 15) is 4.39 Å². The molecule has 1 N–H and O–H groups in total. The molecule has 0 fully saturated rings. The Morgan fingerprint density at radius 1 is 1.25 bits per heavy atom. The van der Waals surface area contributed by atoms with Gasteiger partial charge in [0, 0.05) is 12.2 Å². The zero-order chi connectivity index (χ0) is 11.8. The van der Waals surface area contributed by atoms with Gasteiger partial charge in [-0.15, -0.1) is 0 Å². The van der Waals surface area contributed by atoms with Crippen LogP contribution in [0, 0.1) is 5.82 Å². The number of aliphatic hydroxyl groups excluding tert-OH is 1. The Balaban J connectivity index is 2.46. The Labute approximate surface area is 94.8 Å². The van der Waals surface area contributed by atoms with Gasteiger partial charge in [0.2, 0.25) is 0 Å². The molecule has 0 aromatic heterocycles. The van der Waals surface area contributed by atoms with E-state index in [4.69, 9.17) is 14.6 Å². The van der Waals surface area contributed by atoms with Crippen molar-refractivity contribution >= 4 is 0 Å². The van der Waals surface area contributed by atoms with Gasteiger partial charge >= 0.3 is 0 Å². The van der Waals surface area contributed by atoms with Crippen molar-refractivity contribution in [2.45, 2.75) is 20.0 Å². The first-order valence-corrected chi connectivity index (χ1v) is 5.38. The van der Waals surface area contributed by atoms with Crippen LogP contribution in [0.3, 0.4) is 0 Å². The van der Waals surface area contributed by atoms with E-state index in [2.05, 4.69) is 0 Å². The minimum Gasteiger partial charge on any atom is -0.488 e. The molecule has 0 saturated heterocycles. The molecule has 0 amide bonds. The van der Waals surface area contributed by atoms with Crippen LogP contribution >= 0.6 is 0 Å². The van der Waals surface area contributed by atoms with Gasteiger partial charge in [-0.25, -0.2) is 4.39 Å². The summed E-state index contributed by atoms with van der Waals surface area (Å²) in [7, 11) is 0. The third kappa shape index (κ3) is 3.79. The summed E-state index contributed by atoms with van der Waals surface area (Å²) in [5.74, 6) is -0.341. The van der Waals surface area contributed by atoms with Crippen LogP contribution in [0.4, 0.5) is 4.39 Å². The van der Waals surface area contributed by atoms with Gasteiger partial charge in [-0.1, -0.05) is 19.1 Å². The summed E-state index contributed by atoms with van der Waals surface area (Å²) in [4.78, 5) is 0.